The van der Waals surface area contributed by atoms with E-state index in [1.807, 2.05) is 25.1 Å². The smallest absolute Gasteiger partial charge is 0.411 e. The van der Waals surface area contributed by atoms with E-state index in [0.717, 1.165) is 31.9 Å². The predicted molar refractivity (Wildman–Crippen MR) is 115 cm³/mol. The quantitative estimate of drug-likeness (QED) is 0.687. The third kappa shape index (κ3) is 5.87. The molecule has 1 heterocycles. The molecule has 0 aliphatic carbocycles. The summed E-state index contributed by atoms with van der Waals surface area (Å²) >= 11 is 0. The summed E-state index contributed by atoms with van der Waals surface area (Å²) in [5.41, 5.74) is 1.79. The molecule has 0 saturated carbocycles. The van der Waals surface area contributed by atoms with E-state index in [1.54, 1.807) is 30.3 Å². The number of hydrogen-bond acceptors (Lipinski definition) is 6. The summed E-state index contributed by atoms with van der Waals surface area (Å²) in [4.78, 5) is 27.6. The standard InChI is InChI=1S/C22H27N3O5/c1-2-29-20-9-4-3-8-19(20)23-22(28)30-15-14-24-10-12-25(13-11-24)18-7-5-6-17(16-18)21(26)27/h3-9,16H,2,10-15H2,1H3,(H,23,28)(H,26,27). The fourth-order valence-corrected chi connectivity index (χ4v) is 3.33. The Morgan fingerprint density at radius 3 is 2.57 bits per heavy atom. The van der Waals surface area contributed by atoms with E-state index < -0.39 is 12.1 Å². The average molecular weight is 413 g/mol. The second-order valence-corrected chi connectivity index (χ2v) is 6.87. The van der Waals surface area contributed by atoms with Crippen LogP contribution in [0.2, 0.25) is 0 Å². The third-order valence-electron chi connectivity index (χ3n) is 4.89. The fourth-order valence-electron chi connectivity index (χ4n) is 3.33. The van der Waals surface area contributed by atoms with Gasteiger partial charge in [-0.1, -0.05) is 18.2 Å². The Balaban J connectivity index is 1.40. The Morgan fingerprint density at radius 2 is 1.83 bits per heavy atom. The normalized spacial score (nSPS) is 14.2. The van der Waals surface area contributed by atoms with Crippen LogP contribution in [0.1, 0.15) is 17.3 Å². The molecule has 1 aliphatic rings. The van der Waals surface area contributed by atoms with Gasteiger partial charge in [-0.15, -0.1) is 0 Å². The maximum atomic E-state index is 12.1. The minimum atomic E-state index is -0.921. The molecule has 1 amide bonds. The molecular weight excluding hydrogens is 386 g/mol. The fraction of sp³-hybridized carbons (Fsp3) is 0.364. The number of nitrogens with zero attached hydrogens (tertiary/aromatic N) is 2. The summed E-state index contributed by atoms with van der Waals surface area (Å²) in [6.07, 6.45) is -0.508. The van der Waals surface area contributed by atoms with Gasteiger partial charge in [-0.2, -0.15) is 0 Å². The number of carbonyl (C=O) groups is 2. The third-order valence-corrected chi connectivity index (χ3v) is 4.89. The Hall–Kier alpha value is -3.26. The van der Waals surface area contributed by atoms with Gasteiger partial charge in [0.05, 0.1) is 17.9 Å². The van der Waals surface area contributed by atoms with Crippen LogP contribution < -0.4 is 15.0 Å². The van der Waals surface area contributed by atoms with E-state index in [4.69, 9.17) is 14.6 Å². The molecule has 3 rings (SSSR count). The Kier molecular flexibility index (Phi) is 7.51. The molecule has 8 nitrogen and oxygen atoms in total. The van der Waals surface area contributed by atoms with Crippen molar-refractivity contribution in [2.45, 2.75) is 6.92 Å². The first kappa shape index (κ1) is 21.4. The zero-order valence-corrected chi connectivity index (χ0v) is 17.0. The predicted octanol–water partition coefficient (Wildman–Crippen LogP) is 3.15. The molecule has 0 unspecified atom stereocenters. The average Bonchev–Trinajstić information content (AvgIpc) is 2.76. The van der Waals surface area contributed by atoms with Gasteiger partial charge in [-0.05, 0) is 37.3 Å². The lowest BCUT2D eigenvalue weighted by molar-refractivity contribution is 0.0696. The van der Waals surface area contributed by atoms with Crippen LogP contribution in [-0.2, 0) is 4.74 Å². The van der Waals surface area contributed by atoms with Crippen LogP contribution in [0.15, 0.2) is 48.5 Å². The maximum Gasteiger partial charge on any atom is 0.411 e. The number of carboxylic acid groups (broad SMARTS) is 1. The lowest BCUT2D eigenvalue weighted by atomic mass is 10.1. The highest BCUT2D eigenvalue weighted by atomic mass is 16.5. The minimum Gasteiger partial charge on any atom is -0.492 e. The number of benzene rings is 2. The summed E-state index contributed by atoms with van der Waals surface area (Å²) in [5.74, 6) is -0.310. The summed E-state index contributed by atoms with van der Waals surface area (Å²) in [6, 6.07) is 14.2. The number of ether oxygens (including phenoxy) is 2. The molecule has 1 aliphatic heterocycles. The zero-order valence-electron chi connectivity index (χ0n) is 17.0. The SMILES string of the molecule is CCOc1ccccc1NC(=O)OCCN1CCN(c2cccc(C(=O)O)c2)CC1. The summed E-state index contributed by atoms with van der Waals surface area (Å²) in [6.45, 7) is 6.54. The number of aromatic carboxylic acids is 1. The number of nitrogens with one attached hydrogen (secondary N) is 1. The van der Waals surface area contributed by atoms with Gasteiger partial charge in [0.15, 0.2) is 0 Å². The van der Waals surface area contributed by atoms with Crippen molar-refractivity contribution in [2.24, 2.45) is 0 Å². The highest BCUT2D eigenvalue weighted by Gasteiger charge is 2.18. The highest BCUT2D eigenvalue weighted by Crippen LogP contribution is 2.23. The molecule has 8 heteroatoms. The van der Waals surface area contributed by atoms with Crippen molar-refractivity contribution >= 4 is 23.4 Å². The van der Waals surface area contributed by atoms with Crippen LogP contribution in [0.5, 0.6) is 5.75 Å². The zero-order chi connectivity index (χ0) is 21.3. The van der Waals surface area contributed by atoms with Crippen LogP contribution in [-0.4, -0.2) is 68.0 Å². The summed E-state index contributed by atoms with van der Waals surface area (Å²) < 4.78 is 10.8. The van der Waals surface area contributed by atoms with Crippen molar-refractivity contribution in [1.82, 2.24) is 4.90 Å². The number of rotatable bonds is 8. The van der Waals surface area contributed by atoms with Gasteiger partial charge in [0.1, 0.15) is 12.4 Å². The first-order chi connectivity index (χ1) is 14.6. The number of para-hydroxylation sites is 2. The molecular formula is C22H27N3O5. The molecule has 2 N–H and O–H groups in total. The largest absolute Gasteiger partial charge is 0.492 e. The number of hydrogen-bond donors (Lipinski definition) is 2. The molecule has 0 atom stereocenters. The van der Waals surface area contributed by atoms with Crippen molar-refractivity contribution in [3.8, 4) is 5.75 Å². The van der Waals surface area contributed by atoms with Crippen molar-refractivity contribution < 1.29 is 24.2 Å². The monoisotopic (exact) mass is 413 g/mol. The van der Waals surface area contributed by atoms with Gasteiger partial charge in [0, 0.05) is 38.4 Å². The Labute approximate surface area is 176 Å². The van der Waals surface area contributed by atoms with E-state index in [2.05, 4.69) is 15.1 Å². The van der Waals surface area contributed by atoms with E-state index in [1.165, 1.54) is 0 Å². The van der Waals surface area contributed by atoms with Gasteiger partial charge in [-0.25, -0.2) is 9.59 Å². The van der Waals surface area contributed by atoms with Crippen LogP contribution in [0.4, 0.5) is 16.2 Å². The summed E-state index contributed by atoms with van der Waals surface area (Å²) in [5, 5.41) is 11.9. The molecule has 1 saturated heterocycles. The number of piperazine rings is 1. The second kappa shape index (κ2) is 10.5. The second-order valence-electron chi connectivity index (χ2n) is 6.87. The summed E-state index contributed by atoms with van der Waals surface area (Å²) in [7, 11) is 0. The van der Waals surface area contributed by atoms with E-state index >= 15 is 0 Å². The highest BCUT2D eigenvalue weighted by molar-refractivity contribution is 5.89. The van der Waals surface area contributed by atoms with Crippen molar-refractivity contribution in [2.75, 3.05) is 56.2 Å². The minimum absolute atomic E-state index is 0.289. The van der Waals surface area contributed by atoms with Crippen LogP contribution >= 0.6 is 0 Å². The molecule has 1 fully saturated rings. The molecule has 2 aromatic carbocycles. The molecule has 30 heavy (non-hydrogen) atoms. The van der Waals surface area contributed by atoms with Gasteiger partial charge >= 0.3 is 12.1 Å². The number of carboxylic acids is 1. The molecule has 160 valence electrons. The first-order valence-corrected chi connectivity index (χ1v) is 10.0. The van der Waals surface area contributed by atoms with Crippen molar-refractivity contribution in [3.05, 3.63) is 54.1 Å². The van der Waals surface area contributed by atoms with Crippen molar-refractivity contribution in [1.29, 1.82) is 0 Å². The van der Waals surface area contributed by atoms with Crippen LogP contribution in [0, 0.1) is 0 Å². The Bertz CT molecular complexity index is 865. The number of anilines is 2. The Morgan fingerprint density at radius 1 is 1.07 bits per heavy atom. The van der Waals surface area contributed by atoms with Crippen LogP contribution in [0.25, 0.3) is 0 Å². The molecule has 2 aromatic rings. The van der Waals surface area contributed by atoms with E-state index in [-0.39, 0.29) is 6.61 Å². The lowest BCUT2D eigenvalue weighted by Gasteiger charge is -2.36. The van der Waals surface area contributed by atoms with Crippen molar-refractivity contribution in [3.63, 3.8) is 0 Å². The number of amides is 1. The van der Waals surface area contributed by atoms with Crippen LogP contribution in [0.3, 0.4) is 0 Å². The van der Waals surface area contributed by atoms with Gasteiger partial charge < -0.3 is 19.5 Å². The molecule has 0 spiro atoms. The van der Waals surface area contributed by atoms with Gasteiger partial charge in [-0.3, -0.25) is 10.2 Å². The van der Waals surface area contributed by atoms with E-state index in [9.17, 15) is 9.59 Å². The van der Waals surface area contributed by atoms with Gasteiger partial charge in [0.2, 0.25) is 0 Å². The molecule has 0 bridgehead atoms. The number of carbonyl (C=O) groups excluding carboxylic acids is 1. The van der Waals surface area contributed by atoms with Gasteiger partial charge in [0.25, 0.3) is 0 Å². The lowest BCUT2D eigenvalue weighted by Crippen LogP contribution is -2.47. The topological polar surface area (TPSA) is 91.3 Å². The first-order valence-electron chi connectivity index (χ1n) is 10.0. The van der Waals surface area contributed by atoms with E-state index in [0.29, 0.717) is 30.2 Å². The molecule has 0 aromatic heterocycles. The molecule has 0 radical (unpaired) electrons. The maximum absolute atomic E-state index is 12.1.